The van der Waals surface area contributed by atoms with E-state index in [2.05, 4.69) is 16.3 Å². The third kappa shape index (κ3) is 3.86. The SMILES string of the molecule is O=C(CN(Cc1cccs1)C1CC1)c1ccc(Cl)c(Cl)c1. The molecule has 0 radical (unpaired) electrons. The first-order valence-electron chi connectivity index (χ1n) is 6.88. The molecule has 2 aromatic rings. The lowest BCUT2D eigenvalue weighted by molar-refractivity contribution is 0.0920. The number of thiophene rings is 1. The quantitative estimate of drug-likeness (QED) is 0.697. The van der Waals surface area contributed by atoms with Crippen molar-refractivity contribution in [2.75, 3.05) is 6.54 Å². The molecule has 2 nitrogen and oxygen atoms in total. The highest BCUT2D eigenvalue weighted by molar-refractivity contribution is 7.09. The fraction of sp³-hybridized carbons (Fsp3) is 0.312. The van der Waals surface area contributed by atoms with Crippen molar-refractivity contribution in [3.05, 3.63) is 56.2 Å². The summed E-state index contributed by atoms with van der Waals surface area (Å²) in [4.78, 5) is 16.0. The van der Waals surface area contributed by atoms with Crippen LogP contribution in [-0.4, -0.2) is 23.3 Å². The van der Waals surface area contributed by atoms with Crippen molar-refractivity contribution in [3.63, 3.8) is 0 Å². The average molecular weight is 340 g/mol. The van der Waals surface area contributed by atoms with Crippen LogP contribution in [-0.2, 0) is 6.54 Å². The number of carbonyl (C=O) groups excluding carboxylic acids is 1. The maximum Gasteiger partial charge on any atom is 0.176 e. The summed E-state index contributed by atoms with van der Waals surface area (Å²) in [7, 11) is 0. The third-order valence-corrected chi connectivity index (χ3v) is 5.19. The van der Waals surface area contributed by atoms with Crippen LogP contribution in [0.25, 0.3) is 0 Å². The minimum Gasteiger partial charge on any atom is -0.293 e. The van der Waals surface area contributed by atoms with E-state index in [0.717, 1.165) is 6.54 Å². The molecule has 110 valence electrons. The summed E-state index contributed by atoms with van der Waals surface area (Å²) in [6.45, 7) is 1.27. The number of nitrogens with zero attached hydrogens (tertiary/aromatic N) is 1. The van der Waals surface area contributed by atoms with Crippen molar-refractivity contribution in [2.24, 2.45) is 0 Å². The van der Waals surface area contributed by atoms with E-state index in [4.69, 9.17) is 23.2 Å². The van der Waals surface area contributed by atoms with Crippen LogP contribution in [0, 0.1) is 0 Å². The zero-order chi connectivity index (χ0) is 14.8. The standard InChI is InChI=1S/C16H15Cl2NOS/c17-14-6-3-11(8-15(14)18)16(20)10-19(12-4-5-12)9-13-2-1-7-21-13/h1-3,6-8,12H,4-5,9-10H2. The van der Waals surface area contributed by atoms with E-state index in [-0.39, 0.29) is 5.78 Å². The topological polar surface area (TPSA) is 20.3 Å². The van der Waals surface area contributed by atoms with Gasteiger partial charge in [-0.25, -0.2) is 0 Å². The van der Waals surface area contributed by atoms with Gasteiger partial charge in [0.1, 0.15) is 0 Å². The number of rotatable bonds is 6. The first-order chi connectivity index (χ1) is 10.1. The van der Waals surface area contributed by atoms with Gasteiger partial charge in [0.25, 0.3) is 0 Å². The van der Waals surface area contributed by atoms with Gasteiger partial charge in [-0.3, -0.25) is 9.69 Å². The van der Waals surface area contributed by atoms with Crippen LogP contribution in [0.5, 0.6) is 0 Å². The molecule has 5 heteroatoms. The van der Waals surface area contributed by atoms with Gasteiger partial charge in [0.05, 0.1) is 16.6 Å². The Bertz CT molecular complexity index is 638. The summed E-state index contributed by atoms with van der Waals surface area (Å²) in [6.07, 6.45) is 2.36. The van der Waals surface area contributed by atoms with Crippen molar-refractivity contribution in [1.29, 1.82) is 0 Å². The average Bonchev–Trinajstić information content (AvgIpc) is 3.19. The minimum absolute atomic E-state index is 0.0945. The van der Waals surface area contributed by atoms with Crippen LogP contribution < -0.4 is 0 Å². The first-order valence-corrected chi connectivity index (χ1v) is 8.52. The van der Waals surface area contributed by atoms with E-state index in [1.807, 2.05) is 6.07 Å². The Balaban J connectivity index is 1.70. The summed E-state index contributed by atoms with van der Waals surface area (Å²) >= 11 is 13.6. The van der Waals surface area contributed by atoms with Crippen LogP contribution in [0.2, 0.25) is 10.0 Å². The second kappa shape index (κ2) is 6.49. The van der Waals surface area contributed by atoms with Gasteiger partial charge in [-0.05, 0) is 42.5 Å². The van der Waals surface area contributed by atoms with Crippen molar-refractivity contribution < 1.29 is 4.79 Å². The van der Waals surface area contributed by atoms with E-state index in [1.54, 1.807) is 29.5 Å². The predicted molar refractivity (Wildman–Crippen MR) is 88.5 cm³/mol. The summed E-state index contributed by atoms with van der Waals surface area (Å²) in [5.41, 5.74) is 0.626. The molecule has 1 aromatic heterocycles. The number of halogens is 2. The first kappa shape index (κ1) is 15.0. The Labute approximate surface area is 138 Å². The maximum absolute atomic E-state index is 12.4. The number of ketones is 1. The van der Waals surface area contributed by atoms with E-state index in [1.165, 1.54) is 17.7 Å². The minimum atomic E-state index is 0.0945. The summed E-state index contributed by atoms with van der Waals surface area (Å²) in [5, 5.41) is 2.98. The zero-order valence-electron chi connectivity index (χ0n) is 11.4. The lowest BCUT2D eigenvalue weighted by Crippen LogP contribution is -2.31. The van der Waals surface area contributed by atoms with Gasteiger partial charge in [-0.2, -0.15) is 0 Å². The van der Waals surface area contributed by atoms with Gasteiger partial charge in [-0.1, -0.05) is 29.3 Å². The predicted octanol–water partition coefficient (Wildman–Crippen LogP) is 4.90. The highest BCUT2D eigenvalue weighted by atomic mass is 35.5. The van der Waals surface area contributed by atoms with Crippen molar-refractivity contribution in [3.8, 4) is 0 Å². The third-order valence-electron chi connectivity index (χ3n) is 3.59. The van der Waals surface area contributed by atoms with Crippen LogP contribution in [0.3, 0.4) is 0 Å². The van der Waals surface area contributed by atoms with Crippen molar-refractivity contribution in [1.82, 2.24) is 4.90 Å². The fourth-order valence-corrected chi connectivity index (χ4v) is 3.33. The maximum atomic E-state index is 12.4. The molecule has 1 heterocycles. The molecule has 0 saturated heterocycles. The fourth-order valence-electron chi connectivity index (χ4n) is 2.30. The van der Waals surface area contributed by atoms with E-state index < -0.39 is 0 Å². The van der Waals surface area contributed by atoms with Gasteiger partial charge < -0.3 is 0 Å². The van der Waals surface area contributed by atoms with Gasteiger partial charge >= 0.3 is 0 Å². The molecule has 1 aliphatic rings. The molecule has 0 spiro atoms. The molecule has 21 heavy (non-hydrogen) atoms. The monoisotopic (exact) mass is 339 g/mol. The molecule has 0 atom stereocenters. The normalized spacial score (nSPS) is 14.6. The second-order valence-electron chi connectivity index (χ2n) is 5.27. The van der Waals surface area contributed by atoms with Crippen LogP contribution >= 0.6 is 34.5 Å². The molecule has 0 bridgehead atoms. The number of hydrogen-bond acceptors (Lipinski definition) is 3. The number of Topliss-reactive ketones (excluding diaryl/α,β-unsaturated/α-hetero) is 1. The van der Waals surface area contributed by atoms with Crippen molar-refractivity contribution >= 4 is 40.3 Å². The number of hydrogen-bond donors (Lipinski definition) is 0. The Morgan fingerprint density at radius 2 is 2.05 bits per heavy atom. The molecule has 0 aliphatic heterocycles. The molecule has 1 aliphatic carbocycles. The summed E-state index contributed by atoms with van der Waals surface area (Å²) < 4.78 is 0. The second-order valence-corrected chi connectivity index (χ2v) is 7.11. The molecule has 0 N–H and O–H groups in total. The summed E-state index contributed by atoms with van der Waals surface area (Å²) in [5.74, 6) is 0.0945. The largest absolute Gasteiger partial charge is 0.293 e. The molecule has 1 saturated carbocycles. The Kier molecular flexibility index (Phi) is 4.65. The molecule has 0 unspecified atom stereocenters. The lowest BCUT2D eigenvalue weighted by Gasteiger charge is -2.20. The van der Waals surface area contributed by atoms with E-state index in [0.29, 0.717) is 28.2 Å². The lowest BCUT2D eigenvalue weighted by atomic mass is 10.1. The molecular weight excluding hydrogens is 325 g/mol. The molecule has 1 fully saturated rings. The molecule has 1 aromatic carbocycles. The molecule has 0 amide bonds. The highest BCUT2D eigenvalue weighted by Gasteiger charge is 2.30. The Hall–Kier alpha value is -0.870. The Morgan fingerprint density at radius 3 is 2.67 bits per heavy atom. The smallest absolute Gasteiger partial charge is 0.176 e. The summed E-state index contributed by atoms with van der Waals surface area (Å²) in [6, 6.07) is 9.78. The van der Waals surface area contributed by atoms with Crippen LogP contribution in [0.4, 0.5) is 0 Å². The van der Waals surface area contributed by atoms with Gasteiger partial charge in [0.15, 0.2) is 5.78 Å². The van der Waals surface area contributed by atoms with Crippen LogP contribution in [0.1, 0.15) is 28.1 Å². The number of benzene rings is 1. The molecule has 3 rings (SSSR count). The van der Waals surface area contributed by atoms with Crippen molar-refractivity contribution in [2.45, 2.75) is 25.4 Å². The molecular formula is C16H15Cl2NOS. The van der Waals surface area contributed by atoms with Gasteiger partial charge in [0, 0.05) is 23.0 Å². The van der Waals surface area contributed by atoms with E-state index >= 15 is 0 Å². The van der Waals surface area contributed by atoms with Crippen LogP contribution in [0.15, 0.2) is 35.7 Å². The van der Waals surface area contributed by atoms with E-state index in [9.17, 15) is 4.79 Å². The zero-order valence-corrected chi connectivity index (χ0v) is 13.7. The van der Waals surface area contributed by atoms with Gasteiger partial charge in [0.2, 0.25) is 0 Å². The highest BCUT2D eigenvalue weighted by Crippen LogP contribution is 2.30. The number of carbonyl (C=O) groups is 1. The van der Waals surface area contributed by atoms with Gasteiger partial charge in [-0.15, -0.1) is 11.3 Å². The Morgan fingerprint density at radius 1 is 1.24 bits per heavy atom.